The molecule has 0 spiro atoms. The van der Waals surface area contributed by atoms with E-state index in [1.54, 1.807) is 12.4 Å². The Morgan fingerprint density at radius 2 is 1.77 bits per heavy atom. The van der Waals surface area contributed by atoms with Crippen LogP contribution in [0.25, 0.3) is 0 Å². The number of hydrogen-bond donors (Lipinski definition) is 0. The molecule has 0 bridgehead atoms. The SMILES string of the molecule is C[C@H](Cc1ccc(Cl)cc1)N(C)C(=O)CCc1ccncc1. The third-order valence-corrected chi connectivity index (χ3v) is 4.13. The molecular weight excluding hydrogens is 296 g/mol. The monoisotopic (exact) mass is 316 g/mol. The van der Waals surface area contributed by atoms with Gasteiger partial charge in [0.1, 0.15) is 0 Å². The van der Waals surface area contributed by atoms with E-state index in [2.05, 4.69) is 11.9 Å². The van der Waals surface area contributed by atoms with Crippen LogP contribution in [0, 0.1) is 0 Å². The molecule has 0 aliphatic heterocycles. The number of likely N-dealkylation sites (N-methyl/N-ethyl adjacent to an activating group) is 1. The summed E-state index contributed by atoms with van der Waals surface area (Å²) in [6, 6.07) is 11.8. The molecule has 0 fully saturated rings. The first kappa shape index (κ1) is 16.5. The average Bonchev–Trinajstić information content (AvgIpc) is 2.55. The van der Waals surface area contributed by atoms with Gasteiger partial charge in [0.05, 0.1) is 0 Å². The Hall–Kier alpha value is -1.87. The highest BCUT2D eigenvalue weighted by Gasteiger charge is 2.16. The van der Waals surface area contributed by atoms with Crippen molar-refractivity contribution in [3.05, 3.63) is 64.9 Å². The lowest BCUT2D eigenvalue weighted by atomic mass is 10.1. The molecule has 1 aromatic carbocycles. The van der Waals surface area contributed by atoms with Gasteiger partial charge in [0, 0.05) is 36.9 Å². The maximum Gasteiger partial charge on any atom is 0.222 e. The van der Waals surface area contributed by atoms with E-state index in [0.717, 1.165) is 23.4 Å². The number of pyridine rings is 1. The fraction of sp³-hybridized carbons (Fsp3) is 0.333. The van der Waals surface area contributed by atoms with Crippen LogP contribution >= 0.6 is 11.6 Å². The van der Waals surface area contributed by atoms with Gasteiger partial charge in [-0.05, 0) is 55.2 Å². The molecule has 22 heavy (non-hydrogen) atoms. The van der Waals surface area contributed by atoms with Gasteiger partial charge in [0.25, 0.3) is 0 Å². The topological polar surface area (TPSA) is 33.2 Å². The molecule has 0 aliphatic carbocycles. The Balaban J connectivity index is 1.85. The molecule has 0 radical (unpaired) electrons. The summed E-state index contributed by atoms with van der Waals surface area (Å²) in [5, 5.41) is 0.734. The molecule has 2 rings (SSSR count). The quantitative estimate of drug-likeness (QED) is 0.813. The highest BCUT2D eigenvalue weighted by atomic mass is 35.5. The summed E-state index contributed by atoms with van der Waals surface area (Å²) >= 11 is 5.89. The van der Waals surface area contributed by atoms with Crippen molar-refractivity contribution < 1.29 is 4.79 Å². The highest BCUT2D eigenvalue weighted by molar-refractivity contribution is 6.30. The first-order valence-corrected chi connectivity index (χ1v) is 7.83. The second-order valence-corrected chi connectivity index (χ2v) is 5.98. The number of nitrogens with zero attached hydrogens (tertiary/aromatic N) is 2. The van der Waals surface area contributed by atoms with Crippen LogP contribution in [0.15, 0.2) is 48.8 Å². The van der Waals surface area contributed by atoms with E-state index in [1.165, 1.54) is 5.56 Å². The van der Waals surface area contributed by atoms with E-state index in [1.807, 2.05) is 48.3 Å². The van der Waals surface area contributed by atoms with Crippen LogP contribution in [0.3, 0.4) is 0 Å². The van der Waals surface area contributed by atoms with Gasteiger partial charge >= 0.3 is 0 Å². The molecule has 0 aliphatic rings. The number of carbonyl (C=O) groups excluding carboxylic acids is 1. The molecule has 0 unspecified atom stereocenters. The van der Waals surface area contributed by atoms with Crippen LogP contribution in [0.2, 0.25) is 5.02 Å². The molecule has 4 heteroatoms. The molecule has 0 saturated carbocycles. The van der Waals surface area contributed by atoms with E-state index in [9.17, 15) is 4.79 Å². The summed E-state index contributed by atoms with van der Waals surface area (Å²) in [5.41, 5.74) is 2.33. The van der Waals surface area contributed by atoms with Crippen molar-refractivity contribution in [2.24, 2.45) is 0 Å². The number of halogens is 1. The predicted octanol–water partition coefficient (Wildman–Crippen LogP) is 3.76. The molecule has 116 valence electrons. The van der Waals surface area contributed by atoms with Gasteiger partial charge in [0.2, 0.25) is 5.91 Å². The number of benzene rings is 1. The van der Waals surface area contributed by atoms with Crippen molar-refractivity contribution in [3.63, 3.8) is 0 Å². The van der Waals surface area contributed by atoms with E-state index in [-0.39, 0.29) is 11.9 Å². The average molecular weight is 317 g/mol. The van der Waals surface area contributed by atoms with Crippen LogP contribution in [0.1, 0.15) is 24.5 Å². The van der Waals surface area contributed by atoms with E-state index < -0.39 is 0 Å². The summed E-state index contributed by atoms with van der Waals surface area (Å²) in [7, 11) is 1.87. The molecule has 0 N–H and O–H groups in total. The van der Waals surface area contributed by atoms with Crippen LogP contribution in [0.4, 0.5) is 0 Å². The van der Waals surface area contributed by atoms with Crippen molar-refractivity contribution in [1.29, 1.82) is 0 Å². The predicted molar refractivity (Wildman–Crippen MR) is 89.9 cm³/mol. The summed E-state index contributed by atoms with van der Waals surface area (Å²) in [5.74, 6) is 0.165. The molecular formula is C18H21ClN2O. The number of rotatable bonds is 6. The smallest absolute Gasteiger partial charge is 0.222 e. The lowest BCUT2D eigenvalue weighted by Gasteiger charge is -2.25. The zero-order valence-corrected chi connectivity index (χ0v) is 13.8. The maximum atomic E-state index is 12.3. The van der Waals surface area contributed by atoms with Gasteiger partial charge in [-0.15, -0.1) is 0 Å². The second kappa shape index (κ2) is 7.95. The minimum Gasteiger partial charge on any atom is -0.343 e. The maximum absolute atomic E-state index is 12.3. The van der Waals surface area contributed by atoms with Gasteiger partial charge in [-0.2, -0.15) is 0 Å². The minimum absolute atomic E-state index is 0.158. The summed E-state index contributed by atoms with van der Waals surface area (Å²) in [6.07, 6.45) is 5.61. The zero-order chi connectivity index (χ0) is 15.9. The van der Waals surface area contributed by atoms with Crippen LogP contribution in [-0.2, 0) is 17.6 Å². The fourth-order valence-electron chi connectivity index (χ4n) is 2.32. The van der Waals surface area contributed by atoms with Gasteiger partial charge in [0.15, 0.2) is 0 Å². The van der Waals surface area contributed by atoms with Crippen LogP contribution < -0.4 is 0 Å². The number of aryl methyl sites for hydroxylation is 1. The Labute approximate surface area is 136 Å². The van der Waals surface area contributed by atoms with Gasteiger partial charge in [-0.3, -0.25) is 9.78 Å². The van der Waals surface area contributed by atoms with Crippen molar-refractivity contribution in [2.75, 3.05) is 7.05 Å². The standard InChI is InChI=1S/C18H21ClN2O/c1-14(13-16-3-6-17(19)7-4-16)21(2)18(22)8-5-15-9-11-20-12-10-15/h3-4,6-7,9-12,14H,5,8,13H2,1-2H3/t14-/m1/s1. The summed E-state index contributed by atoms with van der Waals surface area (Å²) in [4.78, 5) is 18.1. The molecule has 1 atom stereocenters. The molecule has 1 aromatic heterocycles. The first-order valence-electron chi connectivity index (χ1n) is 7.45. The molecule has 1 heterocycles. The Morgan fingerprint density at radius 1 is 1.14 bits per heavy atom. The van der Waals surface area contributed by atoms with Gasteiger partial charge in [-0.1, -0.05) is 23.7 Å². The zero-order valence-electron chi connectivity index (χ0n) is 13.0. The van der Waals surface area contributed by atoms with Crippen molar-refractivity contribution in [3.8, 4) is 0 Å². The van der Waals surface area contributed by atoms with Crippen LogP contribution in [-0.4, -0.2) is 28.9 Å². The van der Waals surface area contributed by atoms with E-state index >= 15 is 0 Å². The molecule has 2 aromatic rings. The number of hydrogen-bond acceptors (Lipinski definition) is 2. The highest BCUT2D eigenvalue weighted by Crippen LogP contribution is 2.13. The van der Waals surface area contributed by atoms with Crippen molar-refractivity contribution >= 4 is 17.5 Å². The summed E-state index contributed by atoms with van der Waals surface area (Å²) < 4.78 is 0. The fourth-order valence-corrected chi connectivity index (χ4v) is 2.45. The number of aromatic nitrogens is 1. The van der Waals surface area contributed by atoms with Gasteiger partial charge < -0.3 is 4.90 Å². The van der Waals surface area contributed by atoms with Gasteiger partial charge in [-0.25, -0.2) is 0 Å². The number of carbonyl (C=O) groups is 1. The Kier molecular flexibility index (Phi) is 5.96. The minimum atomic E-state index is 0.158. The number of amides is 1. The normalized spacial score (nSPS) is 12.0. The lowest BCUT2D eigenvalue weighted by molar-refractivity contribution is -0.131. The third kappa shape index (κ3) is 4.85. The molecule has 3 nitrogen and oxygen atoms in total. The summed E-state index contributed by atoms with van der Waals surface area (Å²) in [6.45, 7) is 2.07. The molecule has 1 amide bonds. The molecule has 0 saturated heterocycles. The van der Waals surface area contributed by atoms with Crippen molar-refractivity contribution in [1.82, 2.24) is 9.88 Å². The lowest BCUT2D eigenvalue weighted by Crippen LogP contribution is -2.36. The largest absolute Gasteiger partial charge is 0.343 e. The second-order valence-electron chi connectivity index (χ2n) is 5.54. The van der Waals surface area contributed by atoms with Crippen LogP contribution in [0.5, 0.6) is 0 Å². The van der Waals surface area contributed by atoms with E-state index in [0.29, 0.717) is 6.42 Å². The first-order chi connectivity index (χ1) is 10.6. The van der Waals surface area contributed by atoms with E-state index in [4.69, 9.17) is 11.6 Å². The third-order valence-electron chi connectivity index (χ3n) is 3.88. The van der Waals surface area contributed by atoms with Crippen molar-refractivity contribution in [2.45, 2.75) is 32.2 Å². The Morgan fingerprint density at radius 3 is 2.41 bits per heavy atom. The Bertz CT molecular complexity index is 598.